The highest BCUT2D eigenvalue weighted by molar-refractivity contribution is 6.06. The van der Waals surface area contributed by atoms with Gasteiger partial charge in [-0.15, -0.1) is 0 Å². The molecule has 0 aliphatic carbocycles. The van der Waals surface area contributed by atoms with Gasteiger partial charge in [-0.3, -0.25) is 4.79 Å². The van der Waals surface area contributed by atoms with Crippen molar-refractivity contribution in [1.82, 2.24) is 0 Å². The molecule has 0 atom stereocenters. The number of rotatable bonds is 4. The van der Waals surface area contributed by atoms with Crippen molar-refractivity contribution in [2.75, 3.05) is 56.8 Å². The first-order valence-corrected chi connectivity index (χ1v) is 9.70. The first kappa shape index (κ1) is 21.1. The number of benzene rings is 2. The van der Waals surface area contributed by atoms with E-state index in [1.165, 1.54) is 25.3 Å². The predicted molar refractivity (Wildman–Crippen MR) is 106 cm³/mol. The maximum absolute atomic E-state index is 13.3. The second-order valence-electron chi connectivity index (χ2n) is 6.99. The van der Waals surface area contributed by atoms with Gasteiger partial charge < -0.3 is 29.2 Å². The summed E-state index contributed by atoms with van der Waals surface area (Å²) in [6, 6.07) is 6.26. The fourth-order valence-corrected chi connectivity index (χ4v) is 3.49. The molecule has 0 radical (unpaired) electrons. The number of nitrogens with one attached hydrogen (secondary N) is 1. The Morgan fingerprint density at radius 2 is 1.81 bits per heavy atom. The predicted octanol–water partition coefficient (Wildman–Crippen LogP) is 3.57. The molecule has 1 N–H and O–H groups in total. The quantitative estimate of drug-likeness (QED) is 0.787. The Kier molecular flexibility index (Phi) is 5.81. The molecule has 1 saturated heterocycles. The monoisotopic (exact) mass is 438 g/mol. The minimum absolute atomic E-state index is 0.0654. The molecule has 4 rings (SSSR count). The smallest absolute Gasteiger partial charge is 0.416 e. The summed E-state index contributed by atoms with van der Waals surface area (Å²) in [6.45, 7) is 2.58. The van der Waals surface area contributed by atoms with Crippen LogP contribution in [-0.2, 0) is 10.9 Å². The maximum Gasteiger partial charge on any atom is 0.416 e. The molecule has 0 saturated carbocycles. The standard InChI is InChI=1S/C21H21F3N2O5/c1-28-17-10-13(11-18-19(17)31-9-8-30-18)20(27)25-15-12-14(21(22,23)24)2-3-16(15)26-4-6-29-7-5-26/h2-3,10-12H,4-9H2,1H3,(H,25,27). The van der Waals surface area contributed by atoms with Gasteiger partial charge in [-0.25, -0.2) is 0 Å². The van der Waals surface area contributed by atoms with Gasteiger partial charge >= 0.3 is 6.18 Å². The average Bonchev–Trinajstić information content (AvgIpc) is 2.78. The third-order valence-corrected chi connectivity index (χ3v) is 5.01. The number of methoxy groups -OCH3 is 1. The first-order chi connectivity index (χ1) is 14.9. The zero-order chi connectivity index (χ0) is 22.0. The summed E-state index contributed by atoms with van der Waals surface area (Å²) in [7, 11) is 1.43. The third-order valence-electron chi connectivity index (χ3n) is 5.01. The van der Waals surface area contributed by atoms with Crippen LogP contribution in [0.4, 0.5) is 24.5 Å². The molecule has 2 aliphatic rings. The van der Waals surface area contributed by atoms with Gasteiger partial charge in [-0.2, -0.15) is 13.2 Å². The zero-order valence-corrected chi connectivity index (χ0v) is 16.8. The number of hydrogen-bond donors (Lipinski definition) is 1. The van der Waals surface area contributed by atoms with E-state index in [9.17, 15) is 18.0 Å². The Labute approximate surface area is 176 Å². The molecule has 2 aromatic rings. The van der Waals surface area contributed by atoms with Gasteiger partial charge in [-0.1, -0.05) is 0 Å². The van der Waals surface area contributed by atoms with Crippen molar-refractivity contribution >= 4 is 17.3 Å². The maximum atomic E-state index is 13.3. The highest BCUT2D eigenvalue weighted by atomic mass is 19.4. The fourth-order valence-electron chi connectivity index (χ4n) is 3.49. The number of fused-ring (bicyclic) bond motifs is 1. The molecule has 166 valence electrons. The van der Waals surface area contributed by atoms with E-state index >= 15 is 0 Å². The number of hydrogen-bond acceptors (Lipinski definition) is 6. The number of halogens is 3. The van der Waals surface area contributed by atoms with Gasteiger partial charge in [-0.05, 0) is 30.3 Å². The van der Waals surface area contributed by atoms with Crippen LogP contribution in [-0.4, -0.2) is 52.5 Å². The number of ether oxygens (including phenoxy) is 4. The highest BCUT2D eigenvalue weighted by Gasteiger charge is 2.32. The molecule has 2 heterocycles. The Balaban J connectivity index is 1.68. The van der Waals surface area contributed by atoms with Crippen molar-refractivity contribution < 1.29 is 36.9 Å². The van der Waals surface area contributed by atoms with E-state index in [1.54, 1.807) is 0 Å². The lowest BCUT2D eigenvalue weighted by Gasteiger charge is -2.31. The molecule has 0 bridgehead atoms. The first-order valence-electron chi connectivity index (χ1n) is 9.70. The van der Waals surface area contributed by atoms with Crippen LogP contribution in [0.1, 0.15) is 15.9 Å². The van der Waals surface area contributed by atoms with E-state index in [0.717, 1.165) is 12.1 Å². The van der Waals surface area contributed by atoms with Crippen LogP contribution in [0.3, 0.4) is 0 Å². The van der Waals surface area contributed by atoms with Crippen LogP contribution >= 0.6 is 0 Å². The molecule has 0 spiro atoms. The molecular weight excluding hydrogens is 417 g/mol. The fraction of sp³-hybridized carbons (Fsp3) is 0.381. The van der Waals surface area contributed by atoms with E-state index in [1.807, 2.05) is 4.90 Å². The molecule has 0 aromatic heterocycles. The molecule has 1 amide bonds. The lowest BCUT2D eigenvalue weighted by molar-refractivity contribution is -0.137. The lowest BCUT2D eigenvalue weighted by Crippen LogP contribution is -2.36. The summed E-state index contributed by atoms with van der Waals surface area (Å²) >= 11 is 0. The third kappa shape index (κ3) is 4.48. The van der Waals surface area contributed by atoms with Gasteiger partial charge in [0, 0.05) is 18.7 Å². The number of nitrogens with zero attached hydrogens (tertiary/aromatic N) is 1. The molecule has 2 aliphatic heterocycles. The van der Waals surface area contributed by atoms with Gasteiger partial charge in [0.15, 0.2) is 11.5 Å². The van der Waals surface area contributed by atoms with Crippen LogP contribution in [0.25, 0.3) is 0 Å². The summed E-state index contributed by atoms with van der Waals surface area (Å²) < 4.78 is 61.5. The zero-order valence-electron chi connectivity index (χ0n) is 16.8. The van der Waals surface area contributed by atoms with Gasteiger partial charge in [0.05, 0.1) is 37.3 Å². The van der Waals surface area contributed by atoms with Crippen molar-refractivity contribution in [1.29, 1.82) is 0 Å². The van der Waals surface area contributed by atoms with E-state index in [0.29, 0.717) is 62.5 Å². The van der Waals surface area contributed by atoms with E-state index in [-0.39, 0.29) is 11.3 Å². The van der Waals surface area contributed by atoms with Crippen LogP contribution in [0.5, 0.6) is 17.2 Å². The van der Waals surface area contributed by atoms with Crippen LogP contribution in [0, 0.1) is 0 Å². The van der Waals surface area contributed by atoms with E-state index in [4.69, 9.17) is 18.9 Å². The topological polar surface area (TPSA) is 69.3 Å². The van der Waals surface area contributed by atoms with Crippen LogP contribution < -0.4 is 24.4 Å². The summed E-state index contributed by atoms with van der Waals surface area (Å²) in [4.78, 5) is 14.9. The summed E-state index contributed by atoms with van der Waals surface area (Å²) in [5, 5.41) is 2.62. The number of carbonyl (C=O) groups excluding carboxylic acids is 1. The number of alkyl halides is 3. The number of anilines is 2. The molecule has 1 fully saturated rings. The number of amides is 1. The molecule has 31 heavy (non-hydrogen) atoms. The molecule has 10 heteroatoms. The van der Waals surface area contributed by atoms with E-state index < -0.39 is 17.6 Å². The highest BCUT2D eigenvalue weighted by Crippen LogP contribution is 2.41. The van der Waals surface area contributed by atoms with Crippen molar-refractivity contribution in [3.8, 4) is 17.2 Å². The number of carbonyl (C=O) groups is 1. The van der Waals surface area contributed by atoms with Gasteiger partial charge in [0.2, 0.25) is 5.75 Å². The SMILES string of the molecule is COc1cc(C(=O)Nc2cc(C(F)(F)F)ccc2N2CCOCC2)cc2c1OCCO2. The molecule has 0 unspecified atom stereocenters. The molecular formula is C21H21F3N2O5. The largest absolute Gasteiger partial charge is 0.493 e. The van der Waals surface area contributed by atoms with E-state index in [2.05, 4.69) is 5.32 Å². The minimum Gasteiger partial charge on any atom is -0.493 e. The summed E-state index contributed by atoms with van der Waals surface area (Å²) in [6.07, 6.45) is -4.54. The Bertz CT molecular complexity index is 957. The van der Waals surface area contributed by atoms with Crippen molar-refractivity contribution in [3.05, 3.63) is 41.5 Å². The molecule has 7 nitrogen and oxygen atoms in total. The second-order valence-corrected chi connectivity index (χ2v) is 6.99. The number of morpholine rings is 1. The minimum atomic E-state index is -4.54. The molecule has 2 aromatic carbocycles. The Hall–Kier alpha value is -3.14. The lowest BCUT2D eigenvalue weighted by atomic mass is 10.1. The van der Waals surface area contributed by atoms with Crippen molar-refractivity contribution in [3.63, 3.8) is 0 Å². The van der Waals surface area contributed by atoms with Gasteiger partial charge in [0.25, 0.3) is 5.91 Å². The summed E-state index contributed by atoms with van der Waals surface area (Å²) in [5.41, 5.74) is -0.115. The Morgan fingerprint density at radius 1 is 1.06 bits per heavy atom. The average molecular weight is 438 g/mol. The summed E-state index contributed by atoms with van der Waals surface area (Å²) in [5.74, 6) is 0.440. The second kappa shape index (κ2) is 8.54. The van der Waals surface area contributed by atoms with Gasteiger partial charge in [0.1, 0.15) is 13.2 Å². The van der Waals surface area contributed by atoms with Crippen LogP contribution in [0.15, 0.2) is 30.3 Å². The normalized spacial score (nSPS) is 16.1. The van der Waals surface area contributed by atoms with Crippen LogP contribution in [0.2, 0.25) is 0 Å². The van der Waals surface area contributed by atoms with Crippen molar-refractivity contribution in [2.24, 2.45) is 0 Å². The van der Waals surface area contributed by atoms with Crippen molar-refractivity contribution in [2.45, 2.75) is 6.18 Å². The Morgan fingerprint density at radius 3 is 2.52 bits per heavy atom.